The van der Waals surface area contributed by atoms with E-state index in [4.69, 9.17) is 5.11 Å². The Hall–Kier alpha value is -2.76. The summed E-state index contributed by atoms with van der Waals surface area (Å²) in [5.74, 6) is -2.57. The molecular formula is C14H10FNO4. The number of carbonyl (C=O) groups is 2. The highest BCUT2D eigenvalue weighted by Gasteiger charge is 2.16. The number of pyridine rings is 1. The summed E-state index contributed by atoms with van der Waals surface area (Å²) in [5, 5.41) is 9.07. The van der Waals surface area contributed by atoms with Crippen molar-refractivity contribution >= 4 is 11.9 Å². The number of aromatic nitrogens is 1. The molecule has 5 nitrogen and oxygen atoms in total. The molecule has 0 radical (unpaired) electrons. The molecule has 20 heavy (non-hydrogen) atoms. The van der Waals surface area contributed by atoms with Gasteiger partial charge in [0.25, 0.3) is 0 Å². The topological polar surface area (TPSA) is 76.5 Å². The zero-order valence-electron chi connectivity index (χ0n) is 10.5. The molecular weight excluding hydrogens is 265 g/mol. The molecule has 2 aromatic rings. The van der Waals surface area contributed by atoms with Gasteiger partial charge in [-0.3, -0.25) is 4.98 Å². The molecule has 0 amide bonds. The van der Waals surface area contributed by atoms with Gasteiger partial charge in [-0.05, 0) is 18.2 Å². The number of nitrogens with zero attached hydrogens (tertiary/aromatic N) is 1. The summed E-state index contributed by atoms with van der Waals surface area (Å²) in [6.45, 7) is 0. The predicted octanol–water partition coefficient (Wildman–Crippen LogP) is 2.37. The van der Waals surface area contributed by atoms with Crippen molar-refractivity contribution in [1.82, 2.24) is 4.98 Å². The van der Waals surface area contributed by atoms with Crippen molar-refractivity contribution in [2.75, 3.05) is 7.11 Å². The first-order chi connectivity index (χ1) is 9.54. The van der Waals surface area contributed by atoms with Crippen molar-refractivity contribution < 1.29 is 23.8 Å². The van der Waals surface area contributed by atoms with Crippen molar-refractivity contribution in [3.8, 4) is 11.1 Å². The maximum atomic E-state index is 14.0. The Bertz CT molecular complexity index is 685. The third kappa shape index (κ3) is 2.49. The van der Waals surface area contributed by atoms with Crippen LogP contribution in [-0.4, -0.2) is 29.1 Å². The van der Waals surface area contributed by atoms with E-state index in [2.05, 4.69) is 9.72 Å². The lowest BCUT2D eigenvalue weighted by molar-refractivity contribution is 0.0599. The Balaban J connectivity index is 2.55. The summed E-state index contributed by atoms with van der Waals surface area (Å²) in [7, 11) is 1.19. The van der Waals surface area contributed by atoms with Crippen LogP contribution >= 0.6 is 0 Å². The fourth-order valence-electron chi connectivity index (χ4n) is 1.77. The Morgan fingerprint density at radius 2 is 2.00 bits per heavy atom. The van der Waals surface area contributed by atoms with Crippen LogP contribution in [0.5, 0.6) is 0 Å². The number of methoxy groups -OCH3 is 1. The number of ether oxygens (including phenoxy) is 1. The lowest BCUT2D eigenvalue weighted by atomic mass is 10.00. The molecule has 0 unspecified atom stereocenters. The molecule has 0 aliphatic rings. The number of hydrogen-bond acceptors (Lipinski definition) is 4. The normalized spacial score (nSPS) is 10.1. The van der Waals surface area contributed by atoms with E-state index >= 15 is 0 Å². The number of carboxylic acid groups (broad SMARTS) is 1. The molecule has 1 N–H and O–H groups in total. The van der Waals surface area contributed by atoms with Gasteiger partial charge in [0.05, 0.1) is 18.2 Å². The third-order valence-corrected chi connectivity index (χ3v) is 2.73. The van der Waals surface area contributed by atoms with Gasteiger partial charge in [-0.15, -0.1) is 0 Å². The van der Waals surface area contributed by atoms with Crippen molar-refractivity contribution in [3.63, 3.8) is 0 Å². The maximum Gasteiger partial charge on any atom is 0.337 e. The Morgan fingerprint density at radius 1 is 1.25 bits per heavy atom. The van der Waals surface area contributed by atoms with Crippen LogP contribution in [0, 0.1) is 5.82 Å². The minimum absolute atomic E-state index is 0.0505. The van der Waals surface area contributed by atoms with Crippen LogP contribution in [0.3, 0.4) is 0 Å². The van der Waals surface area contributed by atoms with E-state index in [1.165, 1.54) is 37.7 Å². The fourth-order valence-corrected chi connectivity index (χ4v) is 1.77. The molecule has 1 aromatic carbocycles. The summed E-state index contributed by atoms with van der Waals surface area (Å²) in [5.41, 5.74) is 0.191. The summed E-state index contributed by atoms with van der Waals surface area (Å²) in [6.07, 6.45) is 2.58. The minimum atomic E-state index is -1.18. The molecule has 0 bridgehead atoms. The molecule has 0 aliphatic carbocycles. The number of carbonyl (C=O) groups excluding carboxylic acids is 1. The Morgan fingerprint density at radius 3 is 2.60 bits per heavy atom. The summed E-state index contributed by atoms with van der Waals surface area (Å²) in [4.78, 5) is 26.2. The second-order valence-corrected chi connectivity index (χ2v) is 3.91. The number of esters is 1. The Labute approximate surface area is 113 Å². The largest absolute Gasteiger partial charge is 0.478 e. The van der Waals surface area contributed by atoms with Crippen LogP contribution in [0.1, 0.15) is 20.7 Å². The first kappa shape index (κ1) is 13.7. The molecule has 102 valence electrons. The molecule has 0 spiro atoms. The highest BCUT2D eigenvalue weighted by atomic mass is 19.1. The van der Waals surface area contributed by atoms with E-state index in [1.54, 1.807) is 0 Å². The van der Waals surface area contributed by atoms with Crippen molar-refractivity contribution in [3.05, 3.63) is 53.6 Å². The van der Waals surface area contributed by atoms with E-state index in [-0.39, 0.29) is 22.3 Å². The van der Waals surface area contributed by atoms with Crippen molar-refractivity contribution in [2.45, 2.75) is 0 Å². The second kappa shape index (κ2) is 5.48. The zero-order valence-corrected chi connectivity index (χ0v) is 10.5. The zero-order chi connectivity index (χ0) is 14.7. The fraction of sp³-hybridized carbons (Fsp3) is 0.0714. The van der Waals surface area contributed by atoms with Crippen LogP contribution in [0.25, 0.3) is 11.1 Å². The average Bonchev–Trinajstić information content (AvgIpc) is 2.46. The SMILES string of the molecule is COC(=O)c1ccc(-c2cnccc2C(=O)O)c(F)c1. The van der Waals surface area contributed by atoms with E-state index in [0.717, 1.165) is 6.07 Å². The van der Waals surface area contributed by atoms with Gasteiger partial charge in [-0.25, -0.2) is 14.0 Å². The maximum absolute atomic E-state index is 14.0. The lowest BCUT2D eigenvalue weighted by Gasteiger charge is -2.08. The summed E-state index contributed by atoms with van der Waals surface area (Å²) >= 11 is 0. The first-order valence-electron chi connectivity index (χ1n) is 5.60. The number of rotatable bonds is 3. The molecule has 6 heteroatoms. The number of halogens is 1. The number of carboxylic acids is 1. The molecule has 0 aliphatic heterocycles. The van der Waals surface area contributed by atoms with Crippen molar-refractivity contribution in [2.24, 2.45) is 0 Å². The van der Waals surface area contributed by atoms with Crippen LogP contribution < -0.4 is 0 Å². The molecule has 0 atom stereocenters. The molecule has 0 saturated carbocycles. The summed E-state index contributed by atoms with van der Waals surface area (Å²) < 4.78 is 18.5. The molecule has 1 heterocycles. The predicted molar refractivity (Wildman–Crippen MR) is 67.9 cm³/mol. The third-order valence-electron chi connectivity index (χ3n) is 2.73. The van der Waals surface area contributed by atoms with E-state index in [1.807, 2.05) is 0 Å². The van der Waals surface area contributed by atoms with Gasteiger partial charge in [0.2, 0.25) is 0 Å². The van der Waals surface area contributed by atoms with Crippen molar-refractivity contribution in [1.29, 1.82) is 0 Å². The number of aromatic carboxylic acids is 1. The highest BCUT2D eigenvalue weighted by Crippen LogP contribution is 2.26. The molecule has 0 fully saturated rings. The monoisotopic (exact) mass is 275 g/mol. The lowest BCUT2D eigenvalue weighted by Crippen LogP contribution is -2.04. The molecule has 2 rings (SSSR count). The van der Waals surface area contributed by atoms with Gasteiger partial charge in [-0.2, -0.15) is 0 Å². The van der Waals surface area contributed by atoms with Gasteiger partial charge in [0.1, 0.15) is 5.82 Å². The highest BCUT2D eigenvalue weighted by molar-refractivity contribution is 5.96. The average molecular weight is 275 g/mol. The van der Waals surface area contributed by atoms with Crippen LogP contribution in [0.4, 0.5) is 4.39 Å². The minimum Gasteiger partial charge on any atom is -0.478 e. The van der Waals surface area contributed by atoms with Gasteiger partial charge in [0, 0.05) is 23.5 Å². The molecule has 1 aromatic heterocycles. The first-order valence-corrected chi connectivity index (χ1v) is 5.60. The number of benzene rings is 1. The second-order valence-electron chi connectivity index (χ2n) is 3.91. The van der Waals surface area contributed by atoms with Crippen LogP contribution in [-0.2, 0) is 4.74 Å². The number of hydrogen-bond donors (Lipinski definition) is 1. The van der Waals surface area contributed by atoms with E-state index < -0.39 is 17.8 Å². The van der Waals surface area contributed by atoms with Crippen LogP contribution in [0.15, 0.2) is 36.7 Å². The van der Waals surface area contributed by atoms with E-state index in [0.29, 0.717) is 0 Å². The summed E-state index contributed by atoms with van der Waals surface area (Å²) in [6, 6.07) is 4.97. The van der Waals surface area contributed by atoms with E-state index in [9.17, 15) is 14.0 Å². The van der Waals surface area contributed by atoms with Gasteiger partial charge >= 0.3 is 11.9 Å². The quantitative estimate of drug-likeness (QED) is 0.870. The smallest absolute Gasteiger partial charge is 0.337 e. The Kier molecular flexibility index (Phi) is 3.74. The van der Waals surface area contributed by atoms with Gasteiger partial charge < -0.3 is 9.84 Å². The molecule has 0 saturated heterocycles. The van der Waals surface area contributed by atoms with Gasteiger partial charge in [0.15, 0.2) is 0 Å². The van der Waals surface area contributed by atoms with Crippen LogP contribution in [0.2, 0.25) is 0 Å². The van der Waals surface area contributed by atoms with Gasteiger partial charge in [-0.1, -0.05) is 6.07 Å². The standard InChI is InChI=1S/C14H10FNO4/c1-20-14(19)8-2-3-9(12(15)6-8)11-7-16-5-4-10(11)13(17)18/h2-7H,1H3,(H,17,18).